The standard InChI is InChI=1S/C12H15Cl2N/c13-9-4-5-11(14)10(8-9)12(15)6-2-1-3-7-12/h4-5,8H,1-3,6-7,15H2. The molecule has 0 saturated heterocycles. The molecule has 82 valence electrons. The van der Waals surface area contributed by atoms with Crippen molar-refractivity contribution in [3.63, 3.8) is 0 Å². The predicted octanol–water partition coefficient (Wildman–Crippen LogP) is 4.11. The van der Waals surface area contributed by atoms with Crippen LogP contribution in [0, 0.1) is 0 Å². The van der Waals surface area contributed by atoms with Gasteiger partial charge in [-0.15, -0.1) is 0 Å². The Kier molecular flexibility index (Phi) is 3.24. The second-order valence-electron chi connectivity index (χ2n) is 4.34. The number of nitrogens with two attached hydrogens (primary N) is 1. The molecule has 1 aliphatic carbocycles. The van der Waals surface area contributed by atoms with Gasteiger partial charge in [0.05, 0.1) is 0 Å². The summed E-state index contributed by atoms with van der Waals surface area (Å²) < 4.78 is 0. The molecule has 0 unspecified atom stereocenters. The first-order valence-corrected chi connectivity index (χ1v) is 6.12. The predicted molar refractivity (Wildman–Crippen MR) is 65.4 cm³/mol. The SMILES string of the molecule is NC1(c2cc(Cl)ccc2Cl)CCCCC1. The summed E-state index contributed by atoms with van der Waals surface area (Å²) in [6.07, 6.45) is 5.65. The Morgan fingerprint density at radius 2 is 1.73 bits per heavy atom. The van der Waals surface area contributed by atoms with E-state index in [2.05, 4.69) is 0 Å². The summed E-state index contributed by atoms with van der Waals surface area (Å²) in [5.74, 6) is 0. The van der Waals surface area contributed by atoms with Crippen molar-refractivity contribution < 1.29 is 0 Å². The molecular formula is C12H15Cl2N. The highest BCUT2D eigenvalue weighted by atomic mass is 35.5. The van der Waals surface area contributed by atoms with Crippen molar-refractivity contribution in [3.8, 4) is 0 Å². The van der Waals surface area contributed by atoms with Crippen LogP contribution in [0.25, 0.3) is 0 Å². The van der Waals surface area contributed by atoms with Crippen LogP contribution in [0.4, 0.5) is 0 Å². The van der Waals surface area contributed by atoms with Gasteiger partial charge in [0, 0.05) is 15.6 Å². The Balaban J connectivity index is 2.38. The second-order valence-corrected chi connectivity index (χ2v) is 5.18. The molecule has 0 spiro atoms. The van der Waals surface area contributed by atoms with Crippen LogP contribution in [-0.4, -0.2) is 0 Å². The van der Waals surface area contributed by atoms with Gasteiger partial charge in [-0.25, -0.2) is 0 Å². The molecule has 1 aliphatic rings. The summed E-state index contributed by atoms with van der Waals surface area (Å²) in [4.78, 5) is 0. The average Bonchev–Trinajstić information content (AvgIpc) is 2.23. The first kappa shape index (κ1) is 11.3. The van der Waals surface area contributed by atoms with E-state index in [4.69, 9.17) is 28.9 Å². The number of hydrogen-bond donors (Lipinski definition) is 1. The molecule has 0 radical (unpaired) electrons. The van der Waals surface area contributed by atoms with Gasteiger partial charge in [-0.2, -0.15) is 0 Å². The van der Waals surface area contributed by atoms with E-state index < -0.39 is 0 Å². The molecule has 1 aromatic carbocycles. The summed E-state index contributed by atoms with van der Waals surface area (Å²) in [6.45, 7) is 0. The molecule has 0 atom stereocenters. The van der Waals surface area contributed by atoms with Crippen LogP contribution in [0.1, 0.15) is 37.7 Å². The highest BCUT2D eigenvalue weighted by Crippen LogP contribution is 2.39. The Morgan fingerprint density at radius 3 is 2.40 bits per heavy atom. The molecule has 2 rings (SSSR count). The van der Waals surface area contributed by atoms with Gasteiger partial charge in [0.1, 0.15) is 0 Å². The molecule has 0 aliphatic heterocycles. The van der Waals surface area contributed by atoms with Gasteiger partial charge < -0.3 is 5.73 Å². The lowest BCUT2D eigenvalue weighted by molar-refractivity contribution is 0.302. The largest absolute Gasteiger partial charge is 0.321 e. The summed E-state index contributed by atoms with van der Waals surface area (Å²) >= 11 is 12.2. The Labute approximate surface area is 101 Å². The van der Waals surface area contributed by atoms with E-state index in [0.29, 0.717) is 5.02 Å². The first-order chi connectivity index (χ1) is 7.12. The van der Waals surface area contributed by atoms with E-state index in [1.807, 2.05) is 12.1 Å². The lowest BCUT2D eigenvalue weighted by atomic mass is 9.77. The molecular weight excluding hydrogens is 229 g/mol. The Bertz CT molecular complexity index is 357. The number of halogens is 2. The quantitative estimate of drug-likeness (QED) is 0.790. The lowest BCUT2D eigenvalue weighted by Crippen LogP contribution is -2.38. The van der Waals surface area contributed by atoms with Crippen molar-refractivity contribution in [2.24, 2.45) is 5.73 Å². The molecule has 0 bridgehead atoms. The maximum absolute atomic E-state index is 6.41. The molecule has 3 heteroatoms. The van der Waals surface area contributed by atoms with Crippen molar-refractivity contribution in [2.75, 3.05) is 0 Å². The van der Waals surface area contributed by atoms with Crippen molar-refractivity contribution in [1.82, 2.24) is 0 Å². The van der Waals surface area contributed by atoms with Gasteiger partial charge in [-0.1, -0.05) is 42.5 Å². The maximum atomic E-state index is 6.41. The lowest BCUT2D eigenvalue weighted by Gasteiger charge is -2.34. The minimum atomic E-state index is -0.264. The molecule has 0 amide bonds. The van der Waals surface area contributed by atoms with Crippen LogP contribution < -0.4 is 5.73 Å². The fraction of sp³-hybridized carbons (Fsp3) is 0.500. The van der Waals surface area contributed by atoms with E-state index in [1.165, 1.54) is 19.3 Å². The smallest absolute Gasteiger partial charge is 0.0457 e. The van der Waals surface area contributed by atoms with Crippen LogP contribution in [0.15, 0.2) is 18.2 Å². The first-order valence-electron chi connectivity index (χ1n) is 5.36. The minimum Gasteiger partial charge on any atom is -0.321 e. The van der Waals surface area contributed by atoms with Gasteiger partial charge in [-0.05, 0) is 36.6 Å². The highest BCUT2D eigenvalue weighted by Gasteiger charge is 2.31. The van der Waals surface area contributed by atoms with Crippen molar-refractivity contribution >= 4 is 23.2 Å². The average molecular weight is 244 g/mol. The highest BCUT2D eigenvalue weighted by molar-refractivity contribution is 6.33. The van der Waals surface area contributed by atoms with E-state index in [1.54, 1.807) is 6.07 Å². The van der Waals surface area contributed by atoms with Gasteiger partial charge >= 0.3 is 0 Å². The van der Waals surface area contributed by atoms with Crippen LogP contribution in [0.3, 0.4) is 0 Å². The van der Waals surface area contributed by atoms with Crippen LogP contribution >= 0.6 is 23.2 Å². The Hall–Kier alpha value is -0.240. The van der Waals surface area contributed by atoms with Crippen LogP contribution in [0.2, 0.25) is 10.0 Å². The zero-order chi connectivity index (χ0) is 10.9. The zero-order valence-corrected chi connectivity index (χ0v) is 10.1. The molecule has 1 fully saturated rings. The van der Waals surface area contributed by atoms with Gasteiger partial charge in [-0.3, -0.25) is 0 Å². The van der Waals surface area contributed by atoms with E-state index in [-0.39, 0.29) is 5.54 Å². The molecule has 1 saturated carbocycles. The molecule has 0 aromatic heterocycles. The van der Waals surface area contributed by atoms with Crippen molar-refractivity contribution in [3.05, 3.63) is 33.8 Å². The van der Waals surface area contributed by atoms with Gasteiger partial charge in [0.25, 0.3) is 0 Å². The third kappa shape index (κ3) is 2.30. The minimum absolute atomic E-state index is 0.264. The summed E-state index contributed by atoms with van der Waals surface area (Å²) in [7, 11) is 0. The summed E-state index contributed by atoms with van der Waals surface area (Å²) in [5.41, 5.74) is 7.15. The van der Waals surface area contributed by atoms with Crippen LogP contribution in [0.5, 0.6) is 0 Å². The van der Waals surface area contributed by atoms with Crippen molar-refractivity contribution in [2.45, 2.75) is 37.6 Å². The van der Waals surface area contributed by atoms with Crippen molar-refractivity contribution in [1.29, 1.82) is 0 Å². The number of rotatable bonds is 1. The number of benzene rings is 1. The number of hydrogen-bond acceptors (Lipinski definition) is 1. The second kappa shape index (κ2) is 4.32. The molecule has 2 N–H and O–H groups in total. The monoisotopic (exact) mass is 243 g/mol. The summed E-state index contributed by atoms with van der Waals surface area (Å²) in [6, 6.07) is 5.55. The van der Waals surface area contributed by atoms with E-state index in [9.17, 15) is 0 Å². The molecule has 1 nitrogen and oxygen atoms in total. The fourth-order valence-corrected chi connectivity index (χ4v) is 2.81. The fourth-order valence-electron chi connectivity index (χ4n) is 2.33. The van der Waals surface area contributed by atoms with Gasteiger partial charge in [0.2, 0.25) is 0 Å². The molecule has 1 aromatic rings. The van der Waals surface area contributed by atoms with E-state index in [0.717, 1.165) is 23.4 Å². The maximum Gasteiger partial charge on any atom is 0.0457 e. The molecule has 0 heterocycles. The third-order valence-electron chi connectivity index (χ3n) is 3.21. The van der Waals surface area contributed by atoms with Gasteiger partial charge in [0.15, 0.2) is 0 Å². The molecule has 15 heavy (non-hydrogen) atoms. The Morgan fingerprint density at radius 1 is 1.07 bits per heavy atom. The third-order valence-corrected chi connectivity index (χ3v) is 3.78. The topological polar surface area (TPSA) is 26.0 Å². The summed E-state index contributed by atoms with van der Waals surface area (Å²) in [5, 5.41) is 1.45. The van der Waals surface area contributed by atoms with E-state index >= 15 is 0 Å². The van der Waals surface area contributed by atoms with Crippen LogP contribution in [-0.2, 0) is 5.54 Å². The normalized spacial score (nSPS) is 20.2. The zero-order valence-electron chi connectivity index (χ0n) is 8.60.